The summed E-state index contributed by atoms with van der Waals surface area (Å²) in [4.78, 5) is 50.2. The molecular weight excluding hydrogens is 492 g/mol. The Morgan fingerprint density at radius 3 is 1.72 bits per heavy atom. The molecule has 1 unspecified atom stereocenters. The van der Waals surface area contributed by atoms with Gasteiger partial charge in [-0.05, 0) is 56.5 Å². The smallest absolute Gasteiger partial charge is 0.294 e. The first-order chi connectivity index (χ1) is 16.5. The number of carbonyl (C=O) groups is 4. The lowest BCUT2D eigenvalue weighted by atomic mass is 9.71. The average Bonchev–Trinajstić information content (AvgIpc) is 3.01. The summed E-state index contributed by atoms with van der Waals surface area (Å²) in [5.74, 6) is -3.44. The number of hydrogen-bond acceptors (Lipinski definition) is 4. The Balaban J connectivity index is 2.40. The van der Waals surface area contributed by atoms with Gasteiger partial charge >= 0.3 is 12.4 Å². The summed E-state index contributed by atoms with van der Waals surface area (Å²) in [6, 6.07) is 2.74. The van der Waals surface area contributed by atoms with E-state index in [2.05, 4.69) is 0 Å². The van der Waals surface area contributed by atoms with E-state index in [0.29, 0.717) is 30.7 Å². The number of rotatable bonds is 6. The van der Waals surface area contributed by atoms with E-state index >= 15 is 0 Å². The van der Waals surface area contributed by atoms with Crippen LogP contribution in [0, 0.1) is 0 Å². The van der Waals surface area contributed by atoms with Gasteiger partial charge in [0.2, 0.25) is 5.41 Å². The molecule has 0 fully saturated rings. The third kappa shape index (κ3) is 3.90. The molecule has 1 aliphatic heterocycles. The number of carbonyl (C=O) groups excluding carboxylic acids is 4. The zero-order valence-electron chi connectivity index (χ0n) is 19.6. The molecule has 2 aromatic rings. The van der Waals surface area contributed by atoms with Gasteiger partial charge < -0.3 is 0 Å². The van der Waals surface area contributed by atoms with Crippen LogP contribution in [0.25, 0.3) is 0 Å². The Bertz CT molecular complexity index is 1260. The summed E-state index contributed by atoms with van der Waals surface area (Å²) < 4.78 is 87.5. The molecule has 0 saturated heterocycles. The molecule has 1 atom stereocenters. The number of benzene rings is 2. The molecule has 0 radical (unpaired) electrons. The summed E-state index contributed by atoms with van der Waals surface area (Å²) in [5, 5.41) is 0. The van der Waals surface area contributed by atoms with Gasteiger partial charge in [-0.1, -0.05) is 25.1 Å². The van der Waals surface area contributed by atoms with Crippen LogP contribution in [0.5, 0.6) is 0 Å². The number of ketones is 2. The second-order valence-electron chi connectivity index (χ2n) is 8.62. The Labute approximate surface area is 202 Å². The zero-order valence-corrected chi connectivity index (χ0v) is 19.6. The minimum atomic E-state index is -5.99. The summed E-state index contributed by atoms with van der Waals surface area (Å²) >= 11 is 0. The van der Waals surface area contributed by atoms with E-state index in [1.807, 2.05) is 0 Å². The van der Waals surface area contributed by atoms with Crippen LogP contribution in [-0.4, -0.2) is 46.7 Å². The van der Waals surface area contributed by atoms with Gasteiger partial charge in [-0.2, -0.15) is 26.3 Å². The van der Waals surface area contributed by atoms with E-state index in [4.69, 9.17) is 0 Å². The average molecular weight is 513 g/mol. The second-order valence-corrected chi connectivity index (χ2v) is 8.62. The van der Waals surface area contributed by atoms with Crippen molar-refractivity contribution in [3.63, 3.8) is 0 Å². The molecule has 0 bridgehead atoms. The molecule has 0 saturated carbocycles. The van der Waals surface area contributed by atoms with Gasteiger partial charge in [0.25, 0.3) is 11.8 Å². The standard InChI is InChI=1S/C25H21F6NO4/c1-5-12(2)32-21(35)18-9-7-16(11-20(18)22(32)36)23(24(26,27)28,25(29,30)31)15-6-8-17(13(3)33)19(10-15)14(4)34/h6-12H,5H2,1-4H3. The number of fused-ring (bicyclic) bond motifs is 1. The van der Waals surface area contributed by atoms with Crippen molar-refractivity contribution in [2.75, 3.05) is 0 Å². The summed E-state index contributed by atoms with van der Waals surface area (Å²) in [7, 11) is 0. The molecule has 0 aliphatic carbocycles. The van der Waals surface area contributed by atoms with Crippen molar-refractivity contribution in [2.45, 2.75) is 57.9 Å². The molecule has 11 heteroatoms. The first-order valence-electron chi connectivity index (χ1n) is 10.8. The lowest BCUT2D eigenvalue weighted by molar-refractivity contribution is -0.288. The van der Waals surface area contributed by atoms with Gasteiger partial charge in [-0.25, -0.2) is 0 Å². The normalized spacial score (nSPS) is 15.2. The highest BCUT2D eigenvalue weighted by molar-refractivity contribution is 6.21. The Morgan fingerprint density at radius 1 is 0.778 bits per heavy atom. The Kier molecular flexibility index (Phi) is 6.67. The van der Waals surface area contributed by atoms with Gasteiger partial charge in [0, 0.05) is 17.2 Å². The molecule has 3 rings (SSSR count). The summed E-state index contributed by atoms with van der Waals surface area (Å²) in [5.41, 5.74) is -9.19. The molecule has 2 aromatic carbocycles. The molecular formula is C25H21F6NO4. The predicted molar refractivity (Wildman–Crippen MR) is 116 cm³/mol. The fraction of sp³-hybridized carbons (Fsp3) is 0.360. The fourth-order valence-corrected chi connectivity index (χ4v) is 4.43. The SMILES string of the molecule is CCC(C)N1C(=O)c2ccc(C(c3ccc(C(C)=O)c(C(C)=O)c3)(C(F)(F)F)C(F)(F)F)cc2C1=O. The van der Waals surface area contributed by atoms with Crippen molar-refractivity contribution in [1.82, 2.24) is 4.90 Å². The highest BCUT2D eigenvalue weighted by atomic mass is 19.4. The van der Waals surface area contributed by atoms with Crippen LogP contribution < -0.4 is 0 Å². The van der Waals surface area contributed by atoms with Gasteiger partial charge in [0.05, 0.1) is 11.1 Å². The van der Waals surface area contributed by atoms with Crippen molar-refractivity contribution in [3.05, 3.63) is 69.8 Å². The van der Waals surface area contributed by atoms with Gasteiger partial charge in [-0.3, -0.25) is 24.1 Å². The highest BCUT2D eigenvalue weighted by Crippen LogP contribution is 2.56. The van der Waals surface area contributed by atoms with Crippen molar-refractivity contribution >= 4 is 23.4 Å². The largest absolute Gasteiger partial charge is 0.411 e. The van der Waals surface area contributed by atoms with E-state index in [0.717, 1.165) is 30.9 Å². The first-order valence-corrected chi connectivity index (χ1v) is 10.8. The van der Waals surface area contributed by atoms with Gasteiger partial charge in [0.15, 0.2) is 11.6 Å². The van der Waals surface area contributed by atoms with E-state index in [-0.39, 0.29) is 11.1 Å². The second kappa shape index (κ2) is 8.86. The quantitative estimate of drug-likeness (QED) is 0.274. The third-order valence-corrected chi connectivity index (χ3v) is 6.44. The van der Waals surface area contributed by atoms with E-state index < -0.39 is 69.4 Å². The summed E-state index contributed by atoms with van der Waals surface area (Å²) in [6.07, 6.45) is -11.7. The maximum Gasteiger partial charge on any atom is 0.411 e. The number of alkyl halides is 6. The Morgan fingerprint density at radius 2 is 1.25 bits per heavy atom. The molecule has 0 spiro atoms. The van der Waals surface area contributed by atoms with Crippen LogP contribution in [-0.2, 0) is 5.41 Å². The summed E-state index contributed by atoms with van der Waals surface area (Å²) in [6.45, 7) is 5.12. The highest BCUT2D eigenvalue weighted by Gasteiger charge is 2.72. The van der Waals surface area contributed by atoms with Crippen LogP contribution in [0.15, 0.2) is 36.4 Å². The van der Waals surface area contributed by atoms with E-state index in [1.165, 1.54) is 6.92 Å². The molecule has 36 heavy (non-hydrogen) atoms. The topological polar surface area (TPSA) is 71.5 Å². The van der Waals surface area contributed by atoms with E-state index in [1.54, 1.807) is 6.92 Å². The van der Waals surface area contributed by atoms with Crippen molar-refractivity contribution in [2.24, 2.45) is 0 Å². The molecule has 0 N–H and O–H groups in total. The van der Waals surface area contributed by atoms with E-state index in [9.17, 15) is 45.5 Å². The van der Waals surface area contributed by atoms with Crippen LogP contribution >= 0.6 is 0 Å². The van der Waals surface area contributed by atoms with Crippen LogP contribution in [0.2, 0.25) is 0 Å². The first kappa shape index (κ1) is 27.1. The molecule has 192 valence electrons. The minimum Gasteiger partial charge on any atom is -0.294 e. The lowest BCUT2D eigenvalue weighted by Gasteiger charge is -2.38. The lowest BCUT2D eigenvalue weighted by Crippen LogP contribution is -2.55. The maximum atomic E-state index is 14.6. The van der Waals surface area contributed by atoms with Crippen LogP contribution in [0.1, 0.15) is 86.7 Å². The number of halogens is 6. The van der Waals surface area contributed by atoms with Crippen molar-refractivity contribution in [3.8, 4) is 0 Å². The number of hydrogen-bond donors (Lipinski definition) is 0. The number of amides is 2. The van der Waals surface area contributed by atoms with Gasteiger partial charge in [-0.15, -0.1) is 0 Å². The monoisotopic (exact) mass is 513 g/mol. The molecule has 1 aliphatic rings. The maximum absolute atomic E-state index is 14.6. The van der Waals surface area contributed by atoms with Crippen molar-refractivity contribution in [1.29, 1.82) is 0 Å². The van der Waals surface area contributed by atoms with Crippen molar-refractivity contribution < 1.29 is 45.5 Å². The molecule has 2 amide bonds. The molecule has 5 nitrogen and oxygen atoms in total. The molecule has 1 heterocycles. The predicted octanol–water partition coefficient (Wildman–Crippen LogP) is 5.90. The minimum absolute atomic E-state index is 0.307. The van der Waals surface area contributed by atoms with Crippen LogP contribution in [0.3, 0.4) is 0 Å². The number of Topliss-reactive ketones (excluding diaryl/α,β-unsaturated/α-hetero) is 2. The fourth-order valence-electron chi connectivity index (χ4n) is 4.43. The number of imide groups is 1. The number of nitrogens with zero attached hydrogens (tertiary/aromatic N) is 1. The molecule has 0 aromatic heterocycles. The zero-order chi connectivity index (χ0) is 27.4. The Hall–Kier alpha value is -3.50. The van der Waals surface area contributed by atoms with Crippen LogP contribution in [0.4, 0.5) is 26.3 Å². The van der Waals surface area contributed by atoms with Gasteiger partial charge in [0.1, 0.15) is 0 Å². The third-order valence-electron chi connectivity index (χ3n) is 6.44.